The predicted octanol–water partition coefficient (Wildman–Crippen LogP) is 4.45. The fourth-order valence-corrected chi connectivity index (χ4v) is 2.65. The lowest BCUT2D eigenvalue weighted by Crippen LogP contribution is -2.22. The first-order valence-corrected chi connectivity index (χ1v) is 6.82. The molecule has 1 unspecified atom stereocenters. The Labute approximate surface area is 108 Å². The highest BCUT2D eigenvalue weighted by Gasteiger charge is 2.12. The second-order valence-electron chi connectivity index (χ2n) is 4.80. The Morgan fingerprint density at radius 3 is 2.44 bits per heavy atom. The third kappa shape index (κ3) is 4.26. The van der Waals surface area contributed by atoms with Crippen molar-refractivity contribution < 1.29 is 0 Å². The molecule has 0 aliphatic rings. The standard InChI is InChI=1S/C14H22BrN/c1-5-16-14(6-10(2)3)12-7-11(4)8-13(15)9-12/h7-10,14,16H,5-6H2,1-4H3. The van der Waals surface area contributed by atoms with E-state index in [9.17, 15) is 0 Å². The Morgan fingerprint density at radius 2 is 1.94 bits per heavy atom. The van der Waals surface area contributed by atoms with Crippen molar-refractivity contribution in [2.24, 2.45) is 5.92 Å². The van der Waals surface area contributed by atoms with Crippen molar-refractivity contribution in [3.63, 3.8) is 0 Å². The van der Waals surface area contributed by atoms with Gasteiger partial charge in [-0.25, -0.2) is 0 Å². The summed E-state index contributed by atoms with van der Waals surface area (Å²) in [5.74, 6) is 0.711. The monoisotopic (exact) mass is 283 g/mol. The highest BCUT2D eigenvalue weighted by molar-refractivity contribution is 9.10. The van der Waals surface area contributed by atoms with Crippen molar-refractivity contribution in [2.75, 3.05) is 6.54 Å². The predicted molar refractivity (Wildman–Crippen MR) is 74.8 cm³/mol. The van der Waals surface area contributed by atoms with E-state index in [1.54, 1.807) is 0 Å². The molecule has 1 rings (SSSR count). The molecule has 1 N–H and O–H groups in total. The zero-order chi connectivity index (χ0) is 12.1. The van der Waals surface area contributed by atoms with Crippen LogP contribution in [0.2, 0.25) is 0 Å². The summed E-state index contributed by atoms with van der Waals surface area (Å²) in [7, 11) is 0. The molecule has 0 spiro atoms. The van der Waals surface area contributed by atoms with Gasteiger partial charge in [-0.15, -0.1) is 0 Å². The summed E-state index contributed by atoms with van der Waals surface area (Å²) in [5.41, 5.74) is 2.71. The van der Waals surface area contributed by atoms with Gasteiger partial charge in [0.25, 0.3) is 0 Å². The minimum atomic E-state index is 0.473. The topological polar surface area (TPSA) is 12.0 Å². The van der Waals surface area contributed by atoms with Crippen molar-refractivity contribution in [3.8, 4) is 0 Å². The molecule has 1 atom stereocenters. The van der Waals surface area contributed by atoms with Crippen LogP contribution in [0.5, 0.6) is 0 Å². The summed E-state index contributed by atoms with van der Waals surface area (Å²) in [6, 6.07) is 7.13. The third-order valence-electron chi connectivity index (χ3n) is 2.62. The Hall–Kier alpha value is -0.340. The lowest BCUT2D eigenvalue weighted by atomic mass is 9.96. The van der Waals surface area contributed by atoms with Gasteiger partial charge in [0.2, 0.25) is 0 Å². The SMILES string of the molecule is CCNC(CC(C)C)c1cc(C)cc(Br)c1. The van der Waals surface area contributed by atoms with E-state index >= 15 is 0 Å². The van der Waals surface area contributed by atoms with Crippen LogP contribution in [0, 0.1) is 12.8 Å². The molecule has 2 heteroatoms. The molecule has 0 aliphatic carbocycles. The first kappa shape index (κ1) is 13.7. The maximum Gasteiger partial charge on any atom is 0.0323 e. The molecule has 0 fully saturated rings. The van der Waals surface area contributed by atoms with E-state index in [4.69, 9.17) is 0 Å². The van der Waals surface area contributed by atoms with Crippen LogP contribution >= 0.6 is 15.9 Å². The quantitative estimate of drug-likeness (QED) is 0.842. The van der Waals surface area contributed by atoms with E-state index in [0.717, 1.165) is 6.54 Å². The van der Waals surface area contributed by atoms with E-state index in [1.807, 2.05) is 0 Å². The van der Waals surface area contributed by atoms with Gasteiger partial charge in [0.15, 0.2) is 0 Å². The minimum Gasteiger partial charge on any atom is -0.310 e. The number of aryl methyl sites for hydroxylation is 1. The van der Waals surface area contributed by atoms with Crippen LogP contribution < -0.4 is 5.32 Å². The van der Waals surface area contributed by atoms with Crippen LogP contribution in [0.3, 0.4) is 0 Å². The highest BCUT2D eigenvalue weighted by Crippen LogP contribution is 2.25. The zero-order valence-electron chi connectivity index (χ0n) is 10.7. The number of hydrogen-bond acceptors (Lipinski definition) is 1. The number of halogens is 1. The molecule has 0 heterocycles. The van der Waals surface area contributed by atoms with Gasteiger partial charge >= 0.3 is 0 Å². The van der Waals surface area contributed by atoms with Gasteiger partial charge in [-0.3, -0.25) is 0 Å². The molecule has 0 saturated carbocycles. The lowest BCUT2D eigenvalue weighted by molar-refractivity contribution is 0.438. The van der Waals surface area contributed by atoms with Crippen LogP contribution in [0.25, 0.3) is 0 Å². The van der Waals surface area contributed by atoms with Crippen LogP contribution in [0.15, 0.2) is 22.7 Å². The Kier molecular flexibility index (Phi) is 5.50. The van der Waals surface area contributed by atoms with Gasteiger partial charge in [-0.2, -0.15) is 0 Å². The molecule has 0 saturated heterocycles. The summed E-state index contributed by atoms with van der Waals surface area (Å²) in [6.45, 7) is 9.87. The molecule has 0 amide bonds. The molecule has 0 bridgehead atoms. The lowest BCUT2D eigenvalue weighted by Gasteiger charge is -2.21. The van der Waals surface area contributed by atoms with Crippen molar-refractivity contribution >= 4 is 15.9 Å². The Bertz CT molecular complexity index is 313. The zero-order valence-corrected chi connectivity index (χ0v) is 12.3. The van der Waals surface area contributed by atoms with E-state index in [1.165, 1.54) is 22.0 Å². The molecular formula is C14H22BrN. The van der Waals surface area contributed by atoms with Crippen molar-refractivity contribution in [1.82, 2.24) is 5.32 Å². The van der Waals surface area contributed by atoms with E-state index in [0.29, 0.717) is 12.0 Å². The van der Waals surface area contributed by atoms with Crippen LogP contribution in [-0.2, 0) is 0 Å². The maximum absolute atomic E-state index is 3.57. The smallest absolute Gasteiger partial charge is 0.0323 e. The largest absolute Gasteiger partial charge is 0.310 e. The second-order valence-corrected chi connectivity index (χ2v) is 5.72. The van der Waals surface area contributed by atoms with Crippen molar-refractivity contribution in [1.29, 1.82) is 0 Å². The number of rotatable bonds is 5. The Balaban J connectivity index is 2.90. The molecule has 90 valence electrons. The summed E-state index contributed by atoms with van der Waals surface area (Å²) in [5, 5.41) is 3.56. The molecule has 0 aliphatic heterocycles. The molecule has 16 heavy (non-hydrogen) atoms. The van der Waals surface area contributed by atoms with Gasteiger partial charge in [-0.1, -0.05) is 42.8 Å². The molecular weight excluding hydrogens is 262 g/mol. The molecule has 1 aromatic rings. The number of nitrogens with one attached hydrogen (secondary N) is 1. The van der Waals surface area contributed by atoms with Crippen LogP contribution in [0.4, 0.5) is 0 Å². The molecule has 1 nitrogen and oxygen atoms in total. The fourth-order valence-electron chi connectivity index (χ4n) is 2.02. The second kappa shape index (κ2) is 6.41. The van der Waals surface area contributed by atoms with Crippen LogP contribution in [0.1, 0.15) is 44.4 Å². The first-order chi connectivity index (χ1) is 7.52. The van der Waals surface area contributed by atoms with Crippen LogP contribution in [-0.4, -0.2) is 6.54 Å². The fraction of sp³-hybridized carbons (Fsp3) is 0.571. The first-order valence-electron chi connectivity index (χ1n) is 6.03. The summed E-state index contributed by atoms with van der Waals surface area (Å²) < 4.78 is 1.18. The average Bonchev–Trinajstić information content (AvgIpc) is 2.14. The van der Waals surface area contributed by atoms with Gasteiger partial charge < -0.3 is 5.32 Å². The van der Waals surface area contributed by atoms with Gasteiger partial charge in [0.05, 0.1) is 0 Å². The maximum atomic E-state index is 3.57. The minimum absolute atomic E-state index is 0.473. The third-order valence-corrected chi connectivity index (χ3v) is 3.08. The summed E-state index contributed by atoms with van der Waals surface area (Å²) in [6.07, 6.45) is 1.18. The van der Waals surface area contributed by atoms with Gasteiger partial charge in [0, 0.05) is 10.5 Å². The number of hydrogen-bond donors (Lipinski definition) is 1. The van der Waals surface area contributed by atoms with Crippen molar-refractivity contribution in [3.05, 3.63) is 33.8 Å². The average molecular weight is 284 g/mol. The van der Waals surface area contributed by atoms with E-state index in [2.05, 4.69) is 67.1 Å². The van der Waals surface area contributed by atoms with Gasteiger partial charge in [0.1, 0.15) is 0 Å². The van der Waals surface area contributed by atoms with E-state index in [-0.39, 0.29) is 0 Å². The van der Waals surface area contributed by atoms with E-state index < -0.39 is 0 Å². The molecule has 1 aromatic carbocycles. The number of benzene rings is 1. The summed E-state index contributed by atoms with van der Waals surface area (Å²) >= 11 is 3.57. The Morgan fingerprint density at radius 1 is 1.25 bits per heavy atom. The van der Waals surface area contributed by atoms with Crippen molar-refractivity contribution in [2.45, 2.75) is 40.2 Å². The highest BCUT2D eigenvalue weighted by atomic mass is 79.9. The molecule has 0 radical (unpaired) electrons. The molecule has 0 aromatic heterocycles. The normalized spacial score (nSPS) is 13.1. The summed E-state index contributed by atoms with van der Waals surface area (Å²) in [4.78, 5) is 0. The van der Waals surface area contributed by atoms with Gasteiger partial charge in [-0.05, 0) is 49.1 Å².